The Bertz CT molecular complexity index is 548. The minimum absolute atomic E-state index is 0.291. The zero-order chi connectivity index (χ0) is 13.0. The van der Waals surface area contributed by atoms with Crippen LogP contribution >= 0.6 is 15.9 Å². The molecule has 0 aliphatic heterocycles. The SMILES string of the molecule is COc1cccc(CNc2cc(Br)ccc2F)n1. The molecule has 2 rings (SSSR count). The van der Waals surface area contributed by atoms with Crippen LogP contribution in [0, 0.1) is 5.82 Å². The van der Waals surface area contributed by atoms with Crippen LogP contribution in [0.5, 0.6) is 5.88 Å². The van der Waals surface area contributed by atoms with E-state index in [4.69, 9.17) is 4.74 Å². The Hall–Kier alpha value is -1.62. The Morgan fingerprint density at radius 2 is 2.17 bits per heavy atom. The second-order valence-electron chi connectivity index (χ2n) is 3.65. The lowest BCUT2D eigenvalue weighted by molar-refractivity contribution is 0.396. The van der Waals surface area contributed by atoms with Crippen molar-refractivity contribution in [3.05, 3.63) is 52.4 Å². The molecular weight excluding hydrogens is 299 g/mol. The minimum atomic E-state index is -0.291. The third-order valence-electron chi connectivity index (χ3n) is 2.38. The summed E-state index contributed by atoms with van der Waals surface area (Å²) in [4.78, 5) is 4.24. The molecule has 0 spiro atoms. The molecule has 5 heteroatoms. The predicted octanol–water partition coefficient (Wildman–Crippen LogP) is 3.60. The van der Waals surface area contributed by atoms with E-state index in [1.165, 1.54) is 6.07 Å². The maximum atomic E-state index is 13.5. The van der Waals surface area contributed by atoms with E-state index < -0.39 is 0 Å². The van der Waals surface area contributed by atoms with E-state index in [0.29, 0.717) is 18.1 Å². The van der Waals surface area contributed by atoms with Gasteiger partial charge in [-0.3, -0.25) is 0 Å². The van der Waals surface area contributed by atoms with Gasteiger partial charge < -0.3 is 10.1 Å². The number of anilines is 1. The Kier molecular flexibility index (Phi) is 4.15. The third kappa shape index (κ3) is 3.20. The van der Waals surface area contributed by atoms with Crippen LogP contribution in [0.3, 0.4) is 0 Å². The summed E-state index contributed by atoms with van der Waals surface area (Å²) >= 11 is 3.30. The number of nitrogens with zero attached hydrogens (tertiary/aromatic N) is 1. The van der Waals surface area contributed by atoms with Crippen molar-refractivity contribution in [2.75, 3.05) is 12.4 Å². The normalized spacial score (nSPS) is 10.2. The van der Waals surface area contributed by atoms with Gasteiger partial charge in [0.1, 0.15) is 5.82 Å². The molecule has 0 fully saturated rings. The molecule has 0 saturated heterocycles. The van der Waals surface area contributed by atoms with Crippen molar-refractivity contribution in [3.8, 4) is 5.88 Å². The fraction of sp³-hybridized carbons (Fsp3) is 0.154. The molecule has 2 aromatic rings. The van der Waals surface area contributed by atoms with Crippen molar-refractivity contribution < 1.29 is 9.13 Å². The molecule has 1 aromatic heterocycles. The van der Waals surface area contributed by atoms with E-state index in [1.807, 2.05) is 12.1 Å². The molecule has 94 valence electrons. The lowest BCUT2D eigenvalue weighted by atomic mass is 10.3. The highest BCUT2D eigenvalue weighted by Crippen LogP contribution is 2.20. The fourth-order valence-corrected chi connectivity index (χ4v) is 1.85. The third-order valence-corrected chi connectivity index (χ3v) is 2.87. The molecule has 0 amide bonds. The summed E-state index contributed by atoms with van der Waals surface area (Å²) in [5.41, 5.74) is 1.22. The molecule has 1 aromatic carbocycles. The maximum Gasteiger partial charge on any atom is 0.213 e. The topological polar surface area (TPSA) is 34.1 Å². The van der Waals surface area contributed by atoms with Crippen molar-refractivity contribution >= 4 is 21.6 Å². The number of nitrogens with one attached hydrogen (secondary N) is 1. The van der Waals surface area contributed by atoms with Gasteiger partial charge in [0.05, 0.1) is 25.0 Å². The summed E-state index contributed by atoms with van der Waals surface area (Å²) in [7, 11) is 1.56. The summed E-state index contributed by atoms with van der Waals surface area (Å²) in [6, 6.07) is 10.2. The van der Waals surface area contributed by atoms with E-state index in [9.17, 15) is 4.39 Å². The monoisotopic (exact) mass is 310 g/mol. The average Bonchev–Trinajstić information content (AvgIpc) is 2.40. The van der Waals surface area contributed by atoms with Crippen LogP contribution in [0.25, 0.3) is 0 Å². The van der Waals surface area contributed by atoms with Gasteiger partial charge in [-0.2, -0.15) is 0 Å². The van der Waals surface area contributed by atoms with Gasteiger partial charge in [0.2, 0.25) is 5.88 Å². The number of hydrogen-bond donors (Lipinski definition) is 1. The van der Waals surface area contributed by atoms with E-state index in [0.717, 1.165) is 10.2 Å². The Balaban J connectivity index is 2.08. The second kappa shape index (κ2) is 5.82. The Labute approximate surface area is 113 Å². The molecule has 3 nitrogen and oxygen atoms in total. The van der Waals surface area contributed by atoms with Gasteiger partial charge in [-0.25, -0.2) is 9.37 Å². The van der Waals surface area contributed by atoms with Crippen LogP contribution in [0.1, 0.15) is 5.69 Å². The average molecular weight is 311 g/mol. The number of ether oxygens (including phenoxy) is 1. The largest absolute Gasteiger partial charge is 0.481 e. The molecule has 0 atom stereocenters. The minimum Gasteiger partial charge on any atom is -0.481 e. The highest BCUT2D eigenvalue weighted by Gasteiger charge is 2.03. The van der Waals surface area contributed by atoms with Gasteiger partial charge in [0.25, 0.3) is 0 Å². The number of methoxy groups -OCH3 is 1. The molecule has 18 heavy (non-hydrogen) atoms. The van der Waals surface area contributed by atoms with Crippen LogP contribution in [0.15, 0.2) is 40.9 Å². The summed E-state index contributed by atoms with van der Waals surface area (Å²) < 4.78 is 19.3. The van der Waals surface area contributed by atoms with Crippen LogP contribution in [0.4, 0.5) is 10.1 Å². The maximum absolute atomic E-state index is 13.5. The van der Waals surface area contributed by atoms with Crippen LogP contribution < -0.4 is 10.1 Å². The first-order valence-corrected chi connectivity index (χ1v) is 6.17. The second-order valence-corrected chi connectivity index (χ2v) is 4.56. The first-order valence-electron chi connectivity index (χ1n) is 5.38. The quantitative estimate of drug-likeness (QED) is 0.937. The molecule has 0 radical (unpaired) electrons. The van der Waals surface area contributed by atoms with Gasteiger partial charge in [-0.05, 0) is 24.3 Å². The van der Waals surface area contributed by atoms with Crippen molar-refractivity contribution in [3.63, 3.8) is 0 Å². The highest BCUT2D eigenvalue weighted by atomic mass is 79.9. The number of aromatic nitrogens is 1. The van der Waals surface area contributed by atoms with Crippen LogP contribution in [-0.2, 0) is 6.54 Å². The smallest absolute Gasteiger partial charge is 0.213 e. The summed E-state index contributed by atoms with van der Waals surface area (Å²) in [6.07, 6.45) is 0. The van der Waals surface area contributed by atoms with Crippen molar-refractivity contribution in [2.45, 2.75) is 6.54 Å². The number of benzene rings is 1. The lowest BCUT2D eigenvalue weighted by Gasteiger charge is -2.08. The number of halogens is 2. The van der Waals surface area contributed by atoms with Crippen LogP contribution in [-0.4, -0.2) is 12.1 Å². The fourth-order valence-electron chi connectivity index (χ4n) is 1.49. The zero-order valence-electron chi connectivity index (χ0n) is 9.78. The van der Waals surface area contributed by atoms with Gasteiger partial charge in [0, 0.05) is 10.5 Å². The van der Waals surface area contributed by atoms with E-state index in [-0.39, 0.29) is 5.82 Å². The molecule has 0 aliphatic carbocycles. The molecule has 0 bridgehead atoms. The molecule has 1 N–H and O–H groups in total. The number of rotatable bonds is 4. The van der Waals surface area contributed by atoms with Crippen LogP contribution in [0.2, 0.25) is 0 Å². The first-order chi connectivity index (χ1) is 8.69. The Morgan fingerprint density at radius 3 is 2.94 bits per heavy atom. The molecular formula is C13H12BrFN2O. The van der Waals surface area contributed by atoms with Crippen molar-refractivity contribution in [2.24, 2.45) is 0 Å². The van der Waals surface area contributed by atoms with E-state index >= 15 is 0 Å². The van der Waals surface area contributed by atoms with E-state index in [1.54, 1.807) is 25.3 Å². The summed E-state index contributed by atoms with van der Waals surface area (Å²) in [5, 5.41) is 3.00. The summed E-state index contributed by atoms with van der Waals surface area (Å²) in [6.45, 7) is 0.435. The standard InChI is InChI=1S/C13H12BrFN2O/c1-18-13-4-2-3-10(17-13)8-16-12-7-9(14)5-6-11(12)15/h2-7,16H,8H2,1H3. The van der Waals surface area contributed by atoms with Crippen molar-refractivity contribution in [1.82, 2.24) is 4.98 Å². The van der Waals surface area contributed by atoms with Crippen molar-refractivity contribution in [1.29, 1.82) is 0 Å². The molecule has 0 unspecified atom stereocenters. The van der Waals surface area contributed by atoms with E-state index in [2.05, 4.69) is 26.2 Å². The number of pyridine rings is 1. The van der Waals surface area contributed by atoms with Gasteiger partial charge in [-0.15, -0.1) is 0 Å². The number of hydrogen-bond acceptors (Lipinski definition) is 3. The first kappa shape index (κ1) is 12.8. The highest BCUT2D eigenvalue weighted by molar-refractivity contribution is 9.10. The molecule has 0 aliphatic rings. The molecule has 1 heterocycles. The summed E-state index contributed by atoms with van der Waals surface area (Å²) in [5.74, 6) is 0.255. The Morgan fingerprint density at radius 1 is 1.33 bits per heavy atom. The predicted molar refractivity (Wildman–Crippen MR) is 72.2 cm³/mol. The van der Waals surface area contributed by atoms with Gasteiger partial charge in [-0.1, -0.05) is 22.0 Å². The van der Waals surface area contributed by atoms with Gasteiger partial charge >= 0.3 is 0 Å². The van der Waals surface area contributed by atoms with Gasteiger partial charge in [0.15, 0.2) is 0 Å². The lowest BCUT2D eigenvalue weighted by Crippen LogP contribution is -2.03. The molecule has 0 saturated carbocycles. The zero-order valence-corrected chi connectivity index (χ0v) is 11.4.